The highest BCUT2D eigenvalue weighted by molar-refractivity contribution is 5.85. The van der Waals surface area contributed by atoms with Crippen molar-refractivity contribution >= 4 is 12.4 Å². The van der Waals surface area contributed by atoms with Gasteiger partial charge in [0.1, 0.15) is 0 Å². The maximum atomic E-state index is 9.06. The molecule has 3 nitrogen and oxygen atoms in total. The Hall–Kier alpha value is 0.170. The average Bonchev–Trinajstić information content (AvgIpc) is 2.07. The first kappa shape index (κ1) is 12.2. The summed E-state index contributed by atoms with van der Waals surface area (Å²) in [7, 11) is 1.66. The van der Waals surface area contributed by atoms with Crippen LogP contribution < -0.4 is 5.73 Å². The monoisotopic (exact) mass is 195 g/mol. The molecule has 0 aromatic rings. The lowest BCUT2D eigenvalue weighted by molar-refractivity contribution is -0.0778. The highest BCUT2D eigenvalue weighted by atomic mass is 35.5. The van der Waals surface area contributed by atoms with Gasteiger partial charge in [0.15, 0.2) is 0 Å². The molecule has 0 saturated heterocycles. The normalized spacial score (nSPS) is 35.8. The molecule has 0 unspecified atom stereocenters. The Bertz CT molecular complexity index is 118. The molecule has 74 valence electrons. The fourth-order valence-electron chi connectivity index (χ4n) is 1.59. The molecule has 1 fully saturated rings. The average molecular weight is 196 g/mol. The molecule has 0 aromatic carbocycles. The maximum absolute atomic E-state index is 9.06. The van der Waals surface area contributed by atoms with E-state index in [0.29, 0.717) is 6.04 Å². The van der Waals surface area contributed by atoms with E-state index < -0.39 is 0 Å². The zero-order chi connectivity index (χ0) is 8.32. The summed E-state index contributed by atoms with van der Waals surface area (Å²) in [6.45, 7) is 0.121. The summed E-state index contributed by atoms with van der Waals surface area (Å²) in [6, 6.07) is 0.310. The molecule has 12 heavy (non-hydrogen) atoms. The molecule has 0 radical (unpaired) electrons. The Morgan fingerprint density at radius 3 is 2.33 bits per heavy atom. The largest absolute Gasteiger partial charge is 0.393 e. The lowest BCUT2D eigenvalue weighted by atomic mass is 9.83. The van der Waals surface area contributed by atoms with Crippen molar-refractivity contribution in [2.45, 2.75) is 37.3 Å². The molecular weight excluding hydrogens is 178 g/mol. The van der Waals surface area contributed by atoms with Gasteiger partial charge >= 0.3 is 0 Å². The second kappa shape index (κ2) is 5.02. The van der Waals surface area contributed by atoms with Gasteiger partial charge < -0.3 is 15.6 Å². The summed E-state index contributed by atoms with van der Waals surface area (Å²) < 4.78 is 5.27. The molecule has 0 bridgehead atoms. The molecule has 0 aromatic heterocycles. The minimum Gasteiger partial charge on any atom is -0.393 e. The van der Waals surface area contributed by atoms with Gasteiger partial charge in [-0.1, -0.05) is 0 Å². The summed E-state index contributed by atoms with van der Waals surface area (Å²) >= 11 is 0. The van der Waals surface area contributed by atoms with E-state index in [0.717, 1.165) is 25.7 Å². The number of nitrogens with two attached hydrogens (primary N) is 1. The van der Waals surface area contributed by atoms with Gasteiger partial charge in [-0.05, 0) is 25.7 Å². The second-order valence-electron chi connectivity index (χ2n) is 3.38. The van der Waals surface area contributed by atoms with Gasteiger partial charge in [-0.3, -0.25) is 0 Å². The first-order valence-electron chi connectivity index (χ1n) is 4.14. The molecular formula is C8H18ClNO2. The van der Waals surface area contributed by atoms with Crippen molar-refractivity contribution in [3.05, 3.63) is 0 Å². The van der Waals surface area contributed by atoms with Crippen LogP contribution in [0.5, 0.6) is 0 Å². The molecule has 1 aliphatic rings. The molecule has 0 spiro atoms. The van der Waals surface area contributed by atoms with Crippen LogP contribution in [-0.2, 0) is 4.74 Å². The highest BCUT2D eigenvalue weighted by Crippen LogP contribution is 2.29. The zero-order valence-corrected chi connectivity index (χ0v) is 8.27. The number of aliphatic hydroxyl groups excluding tert-OH is 1. The smallest absolute Gasteiger partial charge is 0.0909 e. The molecule has 4 heteroatoms. The molecule has 1 rings (SSSR count). The van der Waals surface area contributed by atoms with Gasteiger partial charge in [0.05, 0.1) is 12.2 Å². The molecule has 0 atom stereocenters. The molecule has 1 saturated carbocycles. The van der Waals surface area contributed by atoms with E-state index in [1.54, 1.807) is 7.11 Å². The minimum absolute atomic E-state index is 0. The van der Waals surface area contributed by atoms with Crippen molar-refractivity contribution in [2.24, 2.45) is 5.73 Å². The van der Waals surface area contributed by atoms with Crippen molar-refractivity contribution in [2.75, 3.05) is 13.7 Å². The van der Waals surface area contributed by atoms with Crippen molar-refractivity contribution in [1.82, 2.24) is 0 Å². The minimum atomic E-state index is -0.282. The van der Waals surface area contributed by atoms with Crippen LogP contribution in [0.3, 0.4) is 0 Å². The van der Waals surface area contributed by atoms with Crippen LogP contribution in [0.2, 0.25) is 0 Å². The van der Waals surface area contributed by atoms with Crippen molar-refractivity contribution in [3.63, 3.8) is 0 Å². The number of rotatable bonds is 2. The third-order valence-electron chi connectivity index (χ3n) is 2.66. The van der Waals surface area contributed by atoms with Crippen LogP contribution in [0.1, 0.15) is 25.7 Å². The SMILES string of the molecule is CO[C@]1(CO)CC[C@H](N)CC1.Cl. The van der Waals surface area contributed by atoms with Crippen LogP contribution >= 0.6 is 12.4 Å². The standard InChI is InChI=1S/C8H17NO2.ClH/c1-11-8(6-10)4-2-7(9)3-5-8;/h7,10H,2-6,9H2,1H3;1H/t7-,8+;. The molecule has 0 aliphatic heterocycles. The Balaban J connectivity index is 0.00000121. The number of aliphatic hydroxyl groups is 1. The van der Waals surface area contributed by atoms with E-state index in [9.17, 15) is 0 Å². The Labute approximate surface area is 79.7 Å². The van der Waals surface area contributed by atoms with Gasteiger partial charge in [0.2, 0.25) is 0 Å². The summed E-state index contributed by atoms with van der Waals surface area (Å²) in [5.74, 6) is 0. The number of hydrogen-bond donors (Lipinski definition) is 2. The zero-order valence-electron chi connectivity index (χ0n) is 7.45. The van der Waals surface area contributed by atoms with Gasteiger partial charge in [0, 0.05) is 13.2 Å². The van der Waals surface area contributed by atoms with Crippen LogP contribution in [0.4, 0.5) is 0 Å². The summed E-state index contributed by atoms with van der Waals surface area (Å²) in [4.78, 5) is 0. The fourth-order valence-corrected chi connectivity index (χ4v) is 1.59. The Morgan fingerprint density at radius 1 is 1.50 bits per heavy atom. The molecule has 0 amide bonds. The number of halogens is 1. The third-order valence-corrected chi connectivity index (χ3v) is 2.66. The van der Waals surface area contributed by atoms with Crippen molar-refractivity contribution < 1.29 is 9.84 Å². The first-order valence-corrected chi connectivity index (χ1v) is 4.14. The lowest BCUT2D eigenvalue weighted by Gasteiger charge is -2.36. The summed E-state index contributed by atoms with van der Waals surface area (Å²) in [6.07, 6.45) is 3.71. The van der Waals surface area contributed by atoms with Gasteiger partial charge in [-0.2, -0.15) is 0 Å². The van der Waals surface area contributed by atoms with Gasteiger partial charge in [-0.15, -0.1) is 12.4 Å². The lowest BCUT2D eigenvalue weighted by Crippen LogP contribution is -2.43. The number of hydrogen-bond acceptors (Lipinski definition) is 3. The van der Waals surface area contributed by atoms with Gasteiger partial charge in [-0.25, -0.2) is 0 Å². The van der Waals surface area contributed by atoms with E-state index in [-0.39, 0.29) is 24.6 Å². The maximum Gasteiger partial charge on any atom is 0.0909 e. The van der Waals surface area contributed by atoms with E-state index in [2.05, 4.69) is 0 Å². The van der Waals surface area contributed by atoms with Crippen LogP contribution in [-0.4, -0.2) is 30.5 Å². The Kier molecular flexibility index (Phi) is 5.09. The van der Waals surface area contributed by atoms with Crippen LogP contribution in [0.15, 0.2) is 0 Å². The van der Waals surface area contributed by atoms with Gasteiger partial charge in [0.25, 0.3) is 0 Å². The summed E-state index contributed by atoms with van der Waals surface area (Å²) in [5, 5.41) is 9.06. The van der Waals surface area contributed by atoms with E-state index in [4.69, 9.17) is 15.6 Å². The number of ether oxygens (including phenoxy) is 1. The third kappa shape index (κ3) is 2.59. The van der Waals surface area contributed by atoms with Crippen LogP contribution in [0, 0.1) is 0 Å². The van der Waals surface area contributed by atoms with Crippen molar-refractivity contribution in [3.8, 4) is 0 Å². The molecule has 1 aliphatic carbocycles. The van der Waals surface area contributed by atoms with E-state index in [1.807, 2.05) is 0 Å². The number of methoxy groups -OCH3 is 1. The predicted octanol–water partition coefficient (Wildman–Crippen LogP) is 0.687. The van der Waals surface area contributed by atoms with Crippen LogP contribution in [0.25, 0.3) is 0 Å². The quantitative estimate of drug-likeness (QED) is 0.682. The molecule has 0 heterocycles. The second-order valence-corrected chi connectivity index (χ2v) is 3.38. The summed E-state index contributed by atoms with van der Waals surface area (Å²) in [5.41, 5.74) is 5.45. The fraction of sp³-hybridized carbons (Fsp3) is 1.00. The predicted molar refractivity (Wildman–Crippen MR) is 50.5 cm³/mol. The van der Waals surface area contributed by atoms with E-state index in [1.165, 1.54) is 0 Å². The Morgan fingerprint density at radius 2 is 2.00 bits per heavy atom. The highest BCUT2D eigenvalue weighted by Gasteiger charge is 2.33. The van der Waals surface area contributed by atoms with Crippen molar-refractivity contribution in [1.29, 1.82) is 0 Å². The topological polar surface area (TPSA) is 55.5 Å². The first-order chi connectivity index (χ1) is 5.22. The van der Waals surface area contributed by atoms with E-state index >= 15 is 0 Å². The molecule has 3 N–H and O–H groups in total.